The van der Waals surface area contributed by atoms with Crippen LogP contribution >= 0.6 is 11.3 Å². The fourth-order valence-electron chi connectivity index (χ4n) is 3.67. The average molecular weight is 492 g/mol. The number of pyridine rings is 1. The minimum absolute atomic E-state index is 0.0322. The summed E-state index contributed by atoms with van der Waals surface area (Å²) in [5.74, 6) is -0.845. The molecule has 4 aromatic rings. The van der Waals surface area contributed by atoms with Crippen LogP contribution in [0.3, 0.4) is 0 Å². The highest BCUT2D eigenvalue weighted by Gasteiger charge is 2.24. The first-order chi connectivity index (χ1) is 16.7. The molecule has 0 bridgehead atoms. The summed E-state index contributed by atoms with van der Waals surface area (Å²) in [6, 6.07) is 6.08. The maximum absolute atomic E-state index is 12.8. The third kappa shape index (κ3) is 4.31. The summed E-state index contributed by atoms with van der Waals surface area (Å²) < 4.78 is 5.39. The lowest BCUT2D eigenvalue weighted by Crippen LogP contribution is -2.37. The molecule has 0 saturated heterocycles. The van der Waals surface area contributed by atoms with E-state index < -0.39 is 17.9 Å². The number of benzene rings is 1. The van der Waals surface area contributed by atoms with Gasteiger partial charge in [-0.25, -0.2) is 9.97 Å². The number of anilines is 3. The smallest absolute Gasteiger partial charge is 0.260 e. The normalized spacial score (nSPS) is 11.7. The van der Waals surface area contributed by atoms with Crippen LogP contribution in [0.5, 0.6) is 5.75 Å². The lowest BCUT2D eigenvalue weighted by molar-refractivity contribution is -0.117. The Labute approximate surface area is 202 Å². The zero-order valence-electron chi connectivity index (χ0n) is 18.5. The van der Waals surface area contributed by atoms with Crippen molar-refractivity contribution in [1.29, 1.82) is 5.26 Å². The van der Waals surface area contributed by atoms with Crippen LogP contribution in [-0.2, 0) is 11.2 Å². The Balaban J connectivity index is 1.82. The first kappa shape index (κ1) is 23.5. The van der Waals surface area contributed by atoms with E-state index >= 15 is 0 Å². The van der Waals surface area contributed by atoms with Crippen molar-refractivity contribution >= 4 is 50.6 Å². The number of carbonyl (C=O) groups is 2. The highest BCUT2D eigenvalue weighted by molar-refractivity contribution is 7.21. The van der Waals surface area contributed by atoms with Crippen LogP contribution in [0, 0.1) is 11.3 Å². The van der Waals surface area contributed by atoms with E-state index in [1.54, 1.807) is 24.4 Å². The molecule has 0 aliphatic carbocycles. The van der Waals surface area contributed by atoms with Gasteiger partial charge in [-0.3, -0.25) is 9.59 Å². The van der Waals surface area contributed by atoms with Crippen molar-refractivity contribution in [3.05, 3.63) is 46.9 Å². The van der Waals surface area contributed by atoms with Crippen LogP contribution < -0.4 is 33.0 Å². The quantitative estimate of drug-likeness (QED) is 0.219. The molecular weight excluding hydrogens is 470 g/mol. The number of fused-ring (bicyclic) bond motifs is 1. The molecular formula is C22H21N9O3S. The molecule has 10 N–H and O–H groups in total. The number of primary amides is 1. The van der Waals surface area contributed by atoms with Gasteiger partial charge in [-0.15, -0.1) is 11.3 Å². The van der Waals surface area contributed by atoms with Crippen molar-refractivity contribution in [3.8, 4) is 22.9 Å². The zero-order valence-corrected chi connectivity index (χ0v) is 19.3. The predicted octanol–water partition coefficient (Wildman–Crippen LogP) is 1.34. The van der Waals surface area contributed by atoms with E-state index in [-0.39, 0.29) is 28.4 Å². The summed E-state index contributed by atoms with van der Waals surface area (Å²) in [5, 5.41) is 13.0. The molecule has 13 heteroatoms. The maximum atomic E-state index is 12.8. The minimum atomic E-state index is -0.868. The molecule has 0 fully saturated rings. The van der Waals surface area contributed by atoms with Crippen LogP contribution in [0.15, 0.2) is 30.7 Å². The Morgan fingerprint density at radius 3 is 2.74 bits per heavy atom. The molecule has 0 aliphatic heterocycles. The number of hydrogen-bond donors (Lipinski definition) is 6. The average Bonchev–Trinajstić information content (AvgIpc) is 3.45. The van der Waals surface area contributed by atoms with Gasteiger partial charge in [0, 0.05) is 29.3 Å². The second-order valence-corrected chi connectivity index (χ2v) is 8.54. The third-order valence-corrected chi connectivity index (χ3v) is 6.43. The molecule has 3 heterocycles. The number of methoxy groups -OCH3 is 1. The lowest BCUT2D eigenvalue weighted by Gasteiger charge is -2.16. The first-order valence-corrected chi connectivity index (χ1v) is 11.0. The van der Waals surface area contributed by atoms with Gasteiger partial charge in [0.1, 0.15) is 32.9 Å². The summed E-state index contributed by atoms with van der Waals surface area (Å²) in [4.78, 5) is 36.2. The fraction of sp³-hybridized carbons (Fsp3) is 0.136. The summed E-state index contributed by atoms with van der Waals surface area (Å²) >= 11 is 0.983. The Hall–Kier alpha value is -4.67. The summed E-state index contributed by atoms with van der Waals surface area (Å²) in [6.07, 6.45) is 3.33. The van der Waals surface area contributed by atoms with Crippen molar-refractivity contribution in [2.24, 2.45) is 11.5 Å². The third-order valence-electron chi connectivity index (χ3n) is 5.32. The van der Waals surface area contributed by atoms with Gasteiger partial charge < -0.3 is 38.0 Å². The fourth-order valence-corrected chi connectivity index (χ4v) is 4.63. The molecule has 0 aliphatic rings. The highest BCUT2D eigenvalue weighted by Crippen LogP contribution is 2.43. The number of H-pyrrole nitrogens is 1. The van der Waals surface area contributed by atoms with Crippen molar-refractivity contribution in [2.45, 2.75) is 12.5 Å². The van der Waals surface area contributed by atoms with Crippen molar-refractivity contribution < 1.29 is 14.3 Å². The number of aromatic amines is 1. The van der Waals surface area contributed by atoms with Crippen LogP contribution in [0.25, 0.3) is 21.3 Å². The molecule has 1 aromatic carbocycles. The van der Waals surface area contributed by atoms with Crippen LogP contribution in [-0.4, -0.2) is 39.9 Å². The Bertz CT molecular complexity index is 1490. The zero-order chi connectivity index (χ0) is 25.3. The van der Waals surface area contributed by atoms with E-state index in [4.69, 9.17) is 27.7 Å². The number of nitriles is 1. The monoisotopic (exact) mass is 491 g/mol. The number of thiophene rings is 1. The van der Waals surface area contributed by atoms with Gasteiger partial charge in [-0.1, -0.05) is 6.07 Å². The number of ether oxygens (including phenoxy) is 1. The van der Waals surface area contributed by atoms with Gasteiger partial charge in [0.25, 0.3) is 5.91 Å². The molecule has 2 amide bonds. The van der Waals surface area contributed by atoms with Crippen LogP contribution in [0.2, 0.25) is 0 Å². The number of nitrogens with two attached hydrogens (primary N) is 4. The number of amides is 2. The number of aromatic nitrogens is 3. The Morgan fingerprint density at radius 2 is 2.11 bits per heavy atom. The number of nitrogens with one attached hydrogen (secondary N) is 2. The summed E-state index contributed by atoms with van der Waals surface area (Å²) in [7, 11) is 1.45. The molecule has 178 valence electrons. The SMILES string of the molecule is COc1ccc(-c2c(C#N)c(N)nc3sc(C(N)=O)c(N)c23)cc1NC(=O)C(N)Cc1cnc[nH]1. The van der Waals surface area contributed by atoms with E-state index in [2.05, 4.69) is 20.3 Å². The number of rotatable bonds is 7. The van der Waals surface area contributed by atoms with Gasteiger partial charge in [-0.2, -0.15) is 5.26 Å². The lowest BCUT2D eigenvalue weighted by atomic mass is 9.96. The highest BCUT2D eigenvalue weighted by atomic mass is 32.1. The summed E-state index contributed by atoms with van der Waals surface area (Å²) in [6.45, 7) is 0. The van der Waals surface area contributed by atoms with Crippen molar-refractivity contribution in [1.82, 2.24) is 15.0 Å². The molecule has 3 aromatic heterocycles. The largest absolute Gasteiger partial charge is 0.495 e. The molecule has 1 unspecified atom stereocenters. The van der Waals surface area contributed by atoms with E-state index in [1.165, 1.54) is 13.4 Å². The van der Waals surface area contributed by atoms with E-state index in [9.17, 15) is 14.9 Å². The predicted molar refractivity (Wildman–Crippen MR) is 133 cm³/mol. The second kappa shape index (κ2) is 9.29. The van der Waals surface area contributed by atoms with Gasteiger partial charge in [0.2, 0.25) is 5.91 Å². The standard InChI is InChI=1S/C22H21N9O3S/c1-34-14-3-2-9(4-13(14)30-21(33)12(24)5-10-7-28-8-29-10)15-11(6-23)19(26)31-22-16(15)17(25)18(35-22)20(27)32/h2-4,7-8,12H,5,24-25H2,1H3,(H2,26,31)(H2,27,32)(H,28,29)(H,30,33). The number of nitrogen functional groups attached to an aromatic ring is 2. The molecule has 0 spiro atoms. The van der Waals surface area contributed by atoms with E-state index in [0.29, 0.717) is 38.5 Å². The van der Waals surface area contributed by atoms with E-state index in [0.717, 1.165) is 11.3 Å². The van der Waals surface area contributed by atoms with Crippen LogP contribution in [0.1, 0.15) is 20.9 Å². The molecule has 12 nitrogen and oxygen atoms in total. The first-order valence-electron chi connectivity index (χ1n) is 10.2. The molecule has 0 radical (unpaired) electrons. The van der Waals surface area contributed by atoms with Crippen LogP contribution in [0.4, 0.5) is 17.2 Å². The van der Waals surface area contributed by atoms with Gasteiger partial charge >= 0.3 is 0 Å². The molecule has 1 atom stereocenters. The Kier molecular flexibility index (Phi) is 6.24. The van der Waals surface area contributed by atoms with Gasteiger partial charge in [0.05, 0.1) is 30.9 Å². The number of nitrogens with zero attached hydrogens (tertiary/aromatic N) is 3. The molecule has 0 saturated carbocycles. The topological polar surface area (TPSA) is 225 Å². The van der Waals surface area contributed by atoms with E-state index in [1.807, 2.05) is 6.07 Å². The Morgan fingerprint density at radius 1 is 1.34 bits per heavy atom. The van der Waals surface area contributed by atoms with Gasteiger partial charge in [0.15, 0.2) is 0 Å². The maximum Gasteiger partial charge on any atom is 0.260 e. The van der Waals surface area contributed by atoms with Crippen molar-refractivity contribution in [3.63, 3.8) is 0 Å². The number of hydrogen-bond acceptors (Lipinski definition) is 10. The van der Waals surface area contributed by atoms with Crippen molar-refractivity contribution in [2.75, 3.05) is 23.9 Å². The minimum Gasteiger partial charge on any atom is -0.495 e. The molecule has 35 heavy (non-hydrogen) atoms. The van der Waals surface area contributed by atoms with Gasteiger partial charge in [-0.05, 0) is 17.7 Å². The molecule has 4 rings (SSSR count). The summed E-state index contributed by atoms with van der Waals surface area (Å²) in [5.41, 5.74) is 25.8. The number of carbonyl (C=O) groups excluding carboxylic acids is 2. The second-order valence-electron chi connectivity index (χ2n) is 7.54. The number of imidazole rings is 1.